The van der Waals surface area contributed by atoms with E-state index >= 15 is 0 Å². The summed E-state index contributed by atoms with van der Waals surface area (Å²) in [7, 11) is 0. The van der Waals surface area contributed by atoms with Crippen LogP contribution >= 0.6 is 27.7 Å². The summed E-state index contributed by atoms with van der Waals surface area (Å²) in [6.07, 6.45) is -4.47. The summed E-state index contributed by atoms with van der Waals surface area (Å²) in [6, 6.07) is 3.60. The number of thioether (sulfide) groups is 1. The number of hydrogen-bond acceptors (Lipinski definition) is 2. The summed E-state index contributed by atoms with van der Waals surface area (Å²) in [4.78, 5) is 13.7. The van der Waals surface area contributed by atoms with Crippen molar-refractivity contribution in [1.82, 2.24) is 4.90 Å². The Morgan fingerprint density at radius 3 is 2.47 bits per heavy atom. The average molecular weight is 354 g/mol. The first-order chi connectivity index (χ1) is 8.89. The van der Waals surface area contributed by atoms with Crippen molar-refractivity contribution in [2.24, 2.45) is 0 Å². The maximum absolute atomic E-state index is 12.8. The number of carbonyl (C=O) groups excluding carboxylic acids is 1. The standard InChI is InChI=1S/C12H11BrF3NOS/c13-10-2-1-8(7-9(10)12(14,15)16)11(18)17-3-5-19-6-4-17/h1-2,7H,3-6H2. The Hall–Kier alpha value is -0.690. The van der Waals surface area contributed by atoms with Crippen LogP contribution in [0.3, 0.4) is 0 Å². The lowest BCUT2D eigenvalue weighted by Crippen LogP contribution is -2.38. The predicted molar refractivity (Wildman–Crippen MR) is 72.4 cm³/mol. The van der Waals surface area contributed by atoms with Gasteiger partial charge in [-0.3, -0.25) is 4.79 Å². The number of alkyl halides is 3. The third kappa shape index (κ3) is 3.45. The molecule has 0 atom stereocenters. The summed E-state index contributed by atoms with van der Waals surface area (Å²) in [6.45, 7) is 1.17. The fourth-order valence-corrected chi connectivity index (χ4v) is 3.20. The molecule has 1 aromatic carbocycles. The molecule has 19 heavy (non-hydrogen) atoms. The van der Waals surface area contributed by atoms with Crippen molar-refractivity contribution in [3.8, 4) is 0 Å². The van der Waals surface area contributed by atoms with Crippen molar-refractivity contribution >= 4 is 33.6 Å². The van der Waals surface area contributed by atoms with Gasteiger partial charge in [0.15, 0.2) is 0 Å². The zero-order valence-corrected chi connectivity index (χ0v) is 12.2. The summed E-state index contributed by atoms with van der Waals surface area (Å²) in [5, 5.41) is 0. The number of nitrogens with zero attached hydrogens (tertiary/aromatic N) is 1. The average Bonchev–Trinajstić information content (AvgIpc) is 2.38. The molecule has 1 aromatic rings. The van der Waals surface area contributed by atoms with Gasteiger partial charge in [-0.05, 0) is 18.2 Å². The summed E-state index contributed by atoms with van der Waals surface area (Å²) >= 11 is 4.60. The first-order valence-corrected chi connectivity index (χ1v) is 7.58. The molecule has 0 aliphatic carbocycles. The SMILES string of the molecule is O=C(c1ccc(Br)c(C(F)(F)F)c1)N1CCSCC1. The van der Waals surface area contributed by atoms with E-state index in [9.17, 15) is 18.0 Å². The third-order valence-corrected chi connectivity index (χ3v) is 4.45. The Balaban J connectivity index is 2.27. The quantitative estimate of drug-likeness (QED) is 0.767. The Bertz CT molecular complexity index is 486. The lowest BCUT2D eigenvalue weighted by Gasteiger charge is -2.26. The van der Waals surface area contributed by atoms with Crippen LogP contribution in [0.2, 0.25) is 0 Å². The van der Waals surface area contributed by atoms with E-state index in [0.717, 1.165) is 17.6 Å². The van der Waals surface area contributed by atoms with Crippen LogP contribution < -0.4 is 0 Å². The fourth-order valence-electron chi connectivity index (χ4n) is 1.82. The summed E-state index contributed by atoms with van der Waals surface area (Å²) < 4.78 is 38.3. The number of hydrogen-bond donors (Lipinski definition) is 0. The van der Waals surface area contributed by atoms with Gasteiger partial charge < -0.3 is 4.90 Å². The van der Waals surface area contributed by atoms with Crippen molar-refractivity contribution in [2.75, 3.05) is 24.6 Å². The normalized spacial score (nSPS) is 16.5. The molecule has 2 rings (SSSR count). The molecule has 0 saturated carbocycles. The monoisotopic (exact) mass is 353 g/mol. The lowest BCUT2D eigenvalue weighted by molar-refractivity contribution is -0.138. The van der Waals surface area contributed by atoms with Crippen LogP contribution in [-0.4, -0.2) is 35.4 Å². The summed E-state index contributed by atoms with van der Waals surface area (Å²) in [5.41, 5.74) is -0.729. The van der Waals surface area contributed by atoms with Crippen LogP contribution in [0.1, 0.15) is 15.9 Å². The molecular weight excluding hydrogens is 343 g/mol. The third-order valence-electron chi connectivity index (χ3n) is 2.82. The number of benzene rings is 1. The van der Waals surface area contributed by atoms with Gasteiger partial charge in [0.05, 0.1) is 5.56 Å². The molecule has 104 valence electrons. The molecule has 1 amide bonds. The molecular formula is C12H11BrF3NOS. The van der Waals surface area contributed by atoms with E-state index < -0.39 is 11.7 Å². The molecule has 2 nitrogen and oxygen atoms in total. The molecule has 7 heteroatoms. The maximum atomic E-state index is 12.8. The van der Waals surface area contributed by atoms with Gasteiger partial charge in [-0.25, -0.2) is 0 Å². The van der Waals surface area contributed by atoms with Gasteiger partial charge in [-0.15, -0.1) is 0 Å². The van der Waals surface area contributed by atoms with Crippen LogP contribution in [0.25, 0.3) is 0 Å². The molecule has 1 saturated heterocycles. The van der Waals surface area contributed by atoms with Crippen LogP contribution in [-0.2, 0) is 6.18 Å². The highest BCUT2D eigenvalue weighted by Crippen LogP contribution is 2.35. The smallest absolute Gasteiger partial charge is 0.337 e. The number of carbonyl (C=O) groups is 1. The van der Waals surface area contributed by atoms with E-state index in [2.05, 4.69) is 15.9 Å². The second kappa shape index (κ2) is 5.75. The van der Waals surface area contributed by atoms with Crippen molar-refractivity contribution in [3.05, 3.63) is 33.8 Å². The minimum atomic E-state index is -4.47. The molecule has 0 bridgehead atoms. The minimum absolute atomic E-state index is 0.0502. The highest BCUT2D eigenvalue weighted by Gasteiger charge is 2.34. The van der Waals surface area contributed by atoms with Crippen molar-refractivity contribution in [3.63, 3.8) is 0 Å². The Morgan fingerprint density at radius 1 is 1.26 bits per heavy atom. The molecule has 1 aliphatic rings. The molecule has 0 spiro atoms. The Labute approximate surface area is 121 Å². The van der Waals surface area contributed by atoms with E-state index in [0.29, 0.717) is 13.1 Å². The zero-order chi connectivity index (χ0) is 14.0. The van der Waals surface area contributed by atoms with Crippen LogP contribution in [0.15, 0.2) is 22.7 Å². The second-order valence-electron chi connectivity index (χ2n) is 4.10. The molecule has 1 aliphatic heterocycles. The molecule has 0 N–H and O–H groups in total. The number of rotatable bonds is 1. The van der Waals surface area contributed by atoms with Crippen LogP contribution in [0.5, 0.6) is 0 Å². The van der Waals surface area contributed by atoms with Gasteiger partial charge in [0.1, 0.15) is 0 Å². The second-order valence-corrected chi connectivity index (χ2v) is 6.18. The van der Waals surface area contributed by atoms with Crippen LogP contribution in [0, 0.1) is 0 Å². The van der Waals surface area contributed by atoms with E-state index in [1.165, 1.54) is 12.1 Å². The zero-order valence-electron chi connectivity index (χ0n) is 9.84. The molecule has 1 fully saturated rings. The van der Waals surface area contributed by atoms with E-state index in [1.54, 1.807) is 16.7 Å². The summed E-state index contributed by atoms with van der Waals surface area (Å²) in [5.74, 6) is 1.32. The first kappa shape index (κ1) is 14.7. The van der Waals surface area contributed by atoms with Crippen molar-refractivity contribution in [1.29, 1.82) is 0 Å². The first-order valence-electron chi connectivity index (χ1n) is 5.63. The Kier molecular flexibility index (Phi) is 4.45. The largest absolute Gasteiger partial charge is 0.417 e. The minimum Gasteiger partial charge on any atom is -0.337 e. The van der Waals surface area contributed by atoms with E-state index in [4.69, 9.17) is 0 Å². The number of halogens is 4. The molecule has 1 heterocycles. The highest BCUT2D eigenvalue weighted by molar-refractivity contribution is 9.10. The topological polar surface area (TPSA) is 20.3 Å². The van der Waals surface area contributed by atoms with Crippen molar-refractivity contribution < 1.29 is 18.0 Å². The van der Waals surface area contributed by atoms with Gasteiger partial charge in [0.25, 0.3) is 5.91 Å². The predicted octanol–water partition coefficient (Wildman–Crippen LogP) is 3.66. The van der Waals surface area contributed by atoms with Crippen LogP contribution in [0.4, 0.5) is 13.2 Å². The highest BCUT2D eigenvalue weighted by atomic mass is 79.9. The van der Waals surface area contributed by atoms with Gasteiger partial charge in [0.2, 0.25) is 0 Å². The Morgan fingerprint density at radius 2 is 1.89 bits per heavy atom. The maximum Gasteiger partial charge on any atom is 0.417 e. The molecule has 0 radical (unpaired) electrons. The van der Waals surface area contributed by atoms with Gasteiger partial charge >= 0.3 is 6.18 Å². The van der Waals surface area contributed by atoms with E-state index in [-0.39, 0.29) is 15.9 Å². The van der Waals surface area contributed by atoms with Gasteiger partial charge in [0, 0.05) is 34.6 Å². The van der Waals surface area contributed by atoms with Gasteiger partial charge in [-0.2, -0.15) is 24.9 Å². The van der Waals surface area contributed by atoms with E-state index in [1.807, 2.05) is 0 Å². The van der Waals surface area contributed by atoms with Gasteiger partial charge in [-0.1, -0.05) is 15.9 Å². The lowest BCUT2D eigenvalue weighted by atomic mass is 10.1. The number of amides is 1. The molecule has 0 aromatic heterocycles. The fraction of sp³-hybridized carbons (Fsp3) is 0.417. The molecule has 0 unspecified atom stereocenters. The van der Waals surface area contributed by atoms with Crippen molar-refractivity contribution in [2.45, 2.75) is 6.18 Å².